The lowest BCUT2D eigenvalue weighted by atomic mass is 10.1. The van der Waals surface area contributed by atoms with Crippen molar-refractivity contribution in [3.05, 3.63) is 72.6 Å². The van der Waals surface area contributed by atoms with Gasteiger partial charge in [-0.3, -0.25) is 4.79 Å². The van der Waals surface area contributed by atoms with E-state index in [0.717, 1.165) is 79.1 Å². The number of unbranched alkanes of at least 4 members (excludes halogenated alkanes) is 4. The van der Waals surface area contributed by atoms with E-state index < -0.39 is 0 Å². The van der Waals surface area contributed by atoms with Crippen molar-refractivity contribution < 1.29 is 14.3 Å². The van der Waals surface area contributed by atoms with Crippen LogP contribution in [-0.4, -0.2) is 47.7 Å². The highest BCUT2D eigenvalue weighted by atomic mass is 16.5. The summed E-state index contributed by atoms with van der Waals surface area (Å²) in [4.78, 5) is 23.4. The first-order valence-electron chi connectivity index (χ1n) is 14.3. The fraction of sp³-hybridized carbons (Fsp3) is 0.406. The first-order chi connectivity index (χ1) is 19.6. The molecule has 0 unspecified atom stereocenters. The Hall–Kier alpha value is -3.91. The van der Waals surface area contributed by atoms with E-state index in [0.29, 0.717) is 13.0 Å². The van der Waals surface area contributed by atoms with E-state index in [9.17, 15) is 4.79 Å². The molecule has 0 saturated heterocycles. The summed E-state index contributed by atoms with van der Waals surface area (Å²) in [7, 11) is 1.44. The van der Waals surface area contributed by atoms with Crippen LogP contribution in [0.5, 0.6) is 5.75 Å². The van der Waals surface area contributed by atoms with Crippen molar-refractivity contribution in [2.45, 2.75) is 57.9 Å². The second kappa shape index (κ2) is 15.6. The second-order valence-corrected chi connectivity index (χ2v) is 10.0. The standard InChI is InChI=1S/C32H41N5O3/c1-24(25-12-7-6-8-13-25)36-31-28-22-29(37-32(28)35-23-34-31)26-15-17-27(18-16-26)40-21-11-20-33-19-10-5-3-4-9-14-30(38)39-2/h6-8,12-13,15-18,22-24,33H,3-5,9-11,14,19-21H2,1-2H3,(H2,34,35,36,37)/t24-/m1/s1. The van der Waals surface area contributed by atoms with Gasteiger partial charge in [0, 0.05) is 18.2 Å². The van der Waals surface area contributed by atoms with Gasteiger partial charge >= 0.3 is 5.97 Å². The maximum atomic E-state index is 11.1. The van der Waals surface area contributed by atoms with Crippen molar-refractivity contribution in [3.63, 3.8) is 0 Å². The van der Waals surface area contributed by atoms with Crippen LogP contribution in [0.1, 0.15) is 63.5 Å². The van der Waals surface area contributed by atoms with Gasteiger partial charge in [0.25, 0.3) is 0 Å². The third-order valence-corrected chi connectivity index (χ3v) is 6.97. The molecule has 2 heterocycles. The summed E-state index contributed by atoms with van der Waals surface area (Å²) in [5.74, 6) is 1.57. The Balaban J connectivity index is 1.16. The molecule has 4 rings (SSSR count). The number of ether oxygens (including phenoxy) is 2. The lowest BCUT2D eigenvalue weighted by Crippen LogP contribution is -2.18. The summed E-state index contributed by atoms with van der Waals surface area (Å²) in [5.41, 5.74) is 4.07. The minimum atomic E-state index is -0.111. The third kappa shape index (κ3) is 8.81. The fourth-order valence-electron chi connectivity index (χ4n) is 4.64. The molecule has 0 bridgehead atoms. The molecule has 212 valence electrons. The van der Waals surface area contributed by atoms with Gasteiger partial charge in [0.2, 0.25) is 0 Å². The molecule has 0 fully saturated rings. The van der Waals surface area contributed by atoms with Crippen LogP contribution in [0.15, 0.2) is 67.0 Å². The van der Waals surface area contributed by atoms with Crippen LogP contribution in [0.25, 0.3) is 22.3 Å². The Morgan fingerprint density at radius 3 is 2.48 bits per heavy atom. The highest BCUT2D eigenvalue weighted by Crippen LogP contribution is 2.29. The van der Waals surface area contributed by atoms with Gasteiger partial charge in [0.15, 0.2) is 0 Å². The second-order valence-electron chi connectivity index (χ2n) is 10.0. The summed E-state index contributed by atoms with van der Waals surface area (Å²) < 4.78 is 10.6. The number of hydrogen-bond donors (Lipinski definition) is 3. The van der Waals surface area contributed by atoms with Crippen LogP contribution in [0.3, 0.4) is 0 Å². The maximum Gasteiger partial charge on any atom is 0.305 e. The Kier molecular flexibility index (Phi) is 11.4. The zero-order chi connectivity index (χ0) is 28.0. The van der Waals surface area contributed by atoms with Crippen LogP contribution < -0.4 is 15.4 Å². The van der Waals surface area contributed by atoms with Gasteiger partial charge in [-0.1, -0.05) is 49.6 Å². The monoisotopic (exact) mass is 543 g/mol. The highest BCUT2D eigenvalue weighted by molar-refractivity contribution is 5.91. The number of aromatic amines is 1. The topological polar surface area (TPSA) is 101 Å². The molecule has 0 aliphatic heterocycles. The molecule has 0 amide bonds. The van der Waals surface area contributed by atoms with Crippen LogP contribution in [-0.2, 0) is 9.53 Å². The van der Waals surface area contributed by atoms with Gasteiger partial charge in [0.05, 0.1) is 19.1 Å². The number of aromatic nitrogens is 3. The van der Waals surface area contributed by atoms with E-state index in [-0.39, 0.29) is 12.0 Å². The largest absolute Gasteiger partial charge is 0.494 e. The molecule has 0 aliphatic rings. The molecule has 0 spiro atoms. The fourth-order valence-corrected chi connectivity index (χ4v) is 4.64. The summed E-state index contributed by atoms with van der Waals surface area (Å²) in [6.07, 6.45) is 8.58. The summed E-state index contributed by atoms with van der Waals surface area (Å²) >= 11 is 0. The zero-order valence-electron chi connectivity index (χ0n) is 23.6. The molecule has 40 heavy (non-hydrogen) atoms. The number of carbonyl (C=O) groups is 1. The van der Waals surface area contributed by atoms with Gasteiger partial charge in [-0.2, -0.15) is 0 Å². The van der Waals surface area contributed by atoms with Crippen molar-refractivity contribution in [2.75, 3.05) is 32.1 Å². The Morgan fingerprint density at radius 2 is 1.68 bits per heavy atom. The lowest BCUT2D eigenvalue weighted by Gasteiger charge is -2.15. The third-order valence-electron chi connectivity index (χ3n) is 6.97. The molecule has 1 atom stereocenters. The number of H-pyrrole nitrogens is 1. The van der Waals surface area contributed by atoms with Crippen molar-refractivity contribution in [1.29, 1.82) is 0 Å². The lowest BCUT2D eigenvalue weighted by molar-refractivity contribution is -0.140. The van der Waals surface area contributed by atoms with E-state index in [4.69, 9.17) is 4.74 Å². The molecule has 2 aromatic carbocycles. The van der Waals surface area contributed by atoms with Crippen molar-refractivity contribution in [1.82, 2.24) is 20.3 Å². The smallest absolute Gasteiger partial charge is 0.305 e. The zero-order valence-corrected chi connectivity index (χ0v) is 23.6. The summed E-state index contributed by atoms with van der Waals surface area (Å²) in [6, 6.07) is 20.7. The Bertz CT molecular complexity index is 1310. The van der Waals surface area contributed by atoms with E-state index in [1.807, 2.05) is 30.3 Å². The molecule has 3 N–H and O–H groups in total. The number of methoxy groups -OCH3 is 1. The molecular weight excluding hydrogens is 502 g/mol. The average Bonchev–Trinajstić information content (AvgIpc) is 3.44. The SMILES string of the molecule is COC(=O)CCCCCCCNCCCOc1ccc(-c2cc3c(N[C@H](C)c4ccccc4)ncnc3[nH]2)cc1. The van der Waals surface area contributed by atoms with E-state index in [2.05, 4.69) is 67.6 Å². The van der Waals surface area contributed by atoms with Crippen LogP contribution in [0.2, 0.25) is 0 Å². The molecule has 2 aromatic heterocycles. The summed E-state index contributed by atoms with van der Waals surface area (Å²) in [6.45, 7) is 4.76. The first kappa shape index (κ1) is 29.1. The molecule has 0 radical (unpaired) electrons. The number of rotatable bonds is 17. The minimum absolute atomic E-state index is 0.111. The number of anilines is 1. The Morgan fingerprint density at radius 1 is 0.925 bits per heavy atom. The molecular formula is C32H41N5O3. The van der Waals surface area contributed by atoms with Crippen LogP contribution in [0, 0.1) is 0 Å². The van der Waals surface area contributed by atoms with Gasteiger partial charge in [0.1, 0.15) is 23.5 Å². The van der Waals surface area contributed by atoms with E-state index in [1.165, 1.54) is 19.1 Å². The number of hydrogen-bond acceptors (Lipinski definition) is 7. The van der Waals surface area contributed by atoms with E-state index >= 15 is 0 Å². The highest BCUT2D eigenvalue weighted by Gasteiger charge is 2.12. The quantitative estimate of drug-likeness (QED) is 0.101. The predicted octanol–water partition coefficient (Wildman–Crippen LogP) is 6.67. The Labute approximate surface area is 236 Å². The first-order valence-corrected chi connectivity index (χ1v) is 14.3. The van der Waals surface area contributed by atoms with Gasteiger partial charge < -0.3 is 25.1 Å². The molecule has 8 nitrogen and oxygen atoms in total. The van der Waals surface area contributed by atoms with Crippen molar-refractivity contribution in [2.24, 2.45) is 0 Å². The number of benzene rings is 2. The van der Waals surface area contributed by atoms with Crippen molar-refractivity contribution >= 4 is 22.8 Å². The average molecular weight is 544 g/mol. The number of esters is 1. The van der Waals surface area contributed by atoms with Crippen LogP contribution >= 0.6 is 0 Å². The van der Waals surface area contributed by atoms with E-state index in [1.54, 1.807) is 6.33 Å². The van der Waals surface area contributed by atoms with Crippen LogP contribution in [0.4, 0.5) is 5.82 Å². The minimum Gasteiger partial charge on any atom is -0.494 e. The number of nitrogens with one attached hydrogen (secondary N) is 3. The number of nitrogens with zero attached hydrogens (tertiary/aromatic N) is 2. The van der Waals surface area contributed by atoms with Gasteiger partial charge in [-0.25, -0.2) is 9.97 Å². The van der Waals surface area contributed by atoms with Gasteiger partial charge in [-0.05, 0) is 80.7 Å². The summed E-state index contributed by atoms with van der Waals surface area (Å²) in [5, 5.41) is 7.97. The predicted molar refractivity (Wildman–Crippen MR) is 161 cm³/mol. The number of carbonyl (C=O) groups excluding carboxylic acids is 1. The molecule has 0 saturated carbocycles. The molecule has 4 aromatic rings. The van der Waals surface area contributed by atoms with Gasteiger partial charge in [-0.15, -0.1) is 0 Å². The molecule has 8 heteroatoms. The maximum absolute atomic E-state index is 11.1. The van der Waals surface area contributed by atoms with Crippen molar-refractivity contribution in [3.8, 4) is 17.0 Å². The molecule has 0 aliphatic carbocycles. The normalized spacial score (nSPS) is 11.8. The number of fused-ring (bicyclic) bond motifs is 1.